The van der Waals surface area contributed by atoms with Gasteiger partial charge in [0.25, 0.3) is 0 Å². The van der Waals surface area contributed by atoms with Crippen molar-refractivity contribution >= 4 is 0 Å². The molecule has 4 atom stereocenters. The molecule has 0 aromatic rings. The highest BCUT2D eigenvalue weighted by Gasteiger charge is 2.48. The van der Waals surface area contributed by atoms with Crippen molar-refractivity contribution in [3.63, 3.8) is 0 Å². The maximum atomic E-state index is 2.50. The van der Waals surface area contributed by atoms with Crippen molar-refractivity contribution in [2.45, 2.75) is 6.42 Å². The van der Waals surface area contributed by atoms with E-state index >= 15 is 0 Å². The third-order valence-corrected chi connectivity index (χ3v) is 3.84. The lowest BCUT2D eigenvalue weighted by molar-refractivity contribution is 0.359. The monoisotopic (exact) mass is 149 g/mol. The van der Waals surface area contributed by atoms with Gasteiger partial charge in [-0.05, 0) is 37.1 Å². The molecule has 0 amide bonds. The van der Waals surface area contributed by atoms with Gasteiger partial charge in [-0.2, -0.15) is 0 Å². The Morgan fingerprint density at radius 3 is 2.18 bits per heavy atom. The summed E-state index contributed by atoms with van der Waals surface area (Å²) in [6.45, 7) is 2.71. The fourth-order valence-corrected chi connectivity index (χ4v) is 3.36. The Morgan fingerprint density at radius 2 is 1.64 bits per heavy atom. The molecule has 0 radical (unpaired) electrons. The van der Waals surface area contributed by atoms with Crippen LogP contribution in [0.4, 0.5) is 0 Å². The van der Waals surface area contributed by atoms with Crippen LogP contribution in [0.25, 0.3) is 0 Å². The van der Waals surface area contributed by atoms with E-state index in [-0.39, 0.29) is 0 Å². The smallest absolute Gasteiger partial charge is 0.00157 e. The molecule has 2 aliphatic carbocycles. The van der Waals surface area contributed by atoms with Crippen LogP contribution in [0.5, 0.6) is 0 Å². The largest absolute Gasteiger partial charge is 0.306 e. The standard InChI is InChI=1S/C10H15N/c1-11-5-9-7-2-3-8(4-7)10(9)6-11/h2-3,7-10H,4-6H2,1H3/t7-,8-,9-,10+/m0/s1. The summed E-state index contributed by atoms with van der Waals surface area (Å²) in [6.07, 6.45) is 6.40. The molecule has 1 saturated heterocycles. The van der Waals surface area contributed by atoms with Gasteiger partial charge in [-0.3, -0.25) is 0 Å². The van der Waals surface area contributed by atoms with Gasteiger partial charge < -0.3 is 4.90 Å². The first-order chi connectivity index (χ1) is 5.34. The highest BCUT2D eigenvalue weighted by atomic mass is 15.1. The van der Waals surface area contributed by atoms with Crippen molar-refractivity contribution in [1.82, 2.24) is 4.90 Å². The second kappa shape index (κ2) is 1.89. The Balaban J connectivity index is 1.92. The Bertz CT molecular complexity index is 189. The first kappa shape index (κ1) is 6.24. The van der Waals surface area contributed by atoms with E-state index in [1.165, 1.54) is 19.5 Å². The van der Waals surface area contributed by atoms with Crippen LogP contribution < -0.4 is 0 Å². The van der Waals surface area contributed by atoms with Crippen LogP contribution >= 0.6 is 0 Å². The third-order valence-electron chi connectivity index (χ3n) is 3.84. The zero-order valence-electron chi connectivity index (χ0n) is 7.03. The van der Waals surface area contributed by atoms with Gasteiger partial charge in [0.1, 0.15) is 0 Å². The van der Waals surface area contributed by atoms with E-state index < -0.39 is 0 Å². The number of allylic oxidation sites excluding steroid dienone is 2. The maximum absolute atomic E-state index is 2.50. The average Bonchev–Trinajstić information content (AvgIpc) is 2.53. The topological polar surface area (TPSA) is 3.24 Å². The van der Waals surface area contributed by atoms with E-state index in [9.17, 15) is 0 Å². The van der Waals surface area contributed by atoms with Gasteiger partial charge in [0, 0.05) is 13.1 Å². The van der Waals surface area contributed by atoms with E-state index in [2.05, 4.69) is 24.1 Å². The zero-order valence-corrected chi connectivity index (χ0v) is 7.03. The molecule has 11 heavy (non-hydrogen) atoms. The summed E-state index contributed by atoms with van der Waals surface area (Å²) in [6, 6.07) is 0. The fraction of sp³-hybridized carbons (Fsp3) is 0.800. The highest BCUT2D eigenvalue weighted by molar-refractivity contribution is 5.16. The molecular weight excluding hydrogens is 134 g/mol. The normalized spacial score (nSPS) is 53.9. The van der Waals surface area contributed by atoms with Crippen LogP contribution in [0, 0.1) is 23.7 Å². The summed E-state index contributed by atoms with van der Waals surface area (Å²) in [5.74, 6) is 3.95. The van der Waals surface area contributed by atoms with Crippen LogP contribution in [0.1, 0.15) is 6.42 Å². The van der Waals surface area contributed by atoms with Crippen molar-refractivity contribution in [1.29, 1.82) is 0 Å². The summed E-state index contributed by atoms with van der Waals surface area (Å²) in [5.41, 5.74) is 0. The van der Waals surface area contributed by atoms with Crippen molar-refractivity contribution < 1.29 is 0 Å². The second-order valence-electron chi connectivity index (χ2n) is 4.50. The molecule has 3 aliphatic rings. The van der Waals surface area contributed by atoms with E-state index in [1.807, 2.05) is 0 Å². The molecule has 1 heterocycles. The lowest BCUT2D eigenvalue weighted by Crippen LogP contribution is -2.17. The molecule has 1 nitrogen and oxygen atoms in total. The SMILES string of the molecule is CN1C[C@@H]2[C@H](C1)[C@H]1C=C[C@H]2C1. The van der Waals surface area contributed by atoms with Crippen molar-refractivity contribution in [3.8, 4) is 0 Å². The first-order valence-electron chi connectivity index (χ1n) is 4.71. The number of nitrogens with zero attached hydrogens (tertiary/aromatic N) is 1. The molecule has 2 fully saturated rings. The Morgan fingerprint density at radius 1 is 1.09 bits per heavy atom. The number of hydrogen-bond acceptors (Lipinski definition) is 1. The molecule has 0 unspecified atom stereocenters. The number of rotatable bonds is 0. The van der Waals surface area contributed by atoms with E-state index in [1.54, 1.807) is 0 Å². The lowest BCUT2D eigenvalue weighted by atomic mass is 9.86. The van der Waals surface area contributed by atoms with Crippen molar-refractivity contribution in [3.05, 3.63) is 12.2 Å². The highest BCUT2D eigenvalue weighted by Crippen LogP contribution is 2.50. The molecule has 2 bridgehead atoms. The van der Waals surface area contributed by atoms with Gasteiger partial charge >= 0.3 is 0 Å². The third kappa shape index (κ3) is 0.698. The molecule has 3 rings (SSSR count). The minimum Gasteiger partial charge on any atom is -0.306 e. The molecule has 60 valence electrons. The van der Waals surface area contributed by atoms with Crippen molar-refractivity contribution in [2.24, 2.45) is 23.7 Å². The minimum atomic E-state index is 0.954. The summed E-state index contributed by atoms with van der Waals surface area (Å²) >= 11 is 0. The van der Waals surface area contributed by atoms with Crippen LogP contribution in [0.15, 0.2) is 12.2 Å². The quantitative estimate of drug-likeness (QED) is 0.470. The fourth-order valence-electron chi connectivity index (χ4n) is 3.36. The second-order valence-corrected chi connectivity index (χ2v) is 4.50. The maximum Gasteiger partial charge on any atom is 0.00157 e. The Kier molecular flexibility index (Phi) is 1.07. The van der Waals surface area contributed by atoms with Crippen LogP contribution in [-0.2, 0) is 0 Å². The van der Waals surface area contributed by atoms with Crippen LogP contribution in [0.3, 0.4) is 0 Å². The predicted molar refractivity (Wildman–Crippen MR) is 45.2 cm³/mol. The number of likely N-dealkylation sites (tertiary alicyclic amines) is 1. The van der Waals surface area contributed by atoms with Gasteiger partial charge in [-0.15, -0.1) is 0 Å². The van der Waals surface area contributed by atoms with Gasteiger partial charge in [0.15, 0.2) is 0 Å². The molecular formula is C10H15N. The number of fused-ring (bicyclic) bond motifs is 5. The Hall–Kier alpha value is -0.300. The zero-order chi connectivity index (χ0) is 7.42. The molecule has 1 heteroatoms. The number of hydrogen-bond donors (Lipinski definition) is 0. The van der Waals surface area contributed by atoms with Crippen molar-refractivity contribution in [2.75, 3.05) is 20.1 Å². The first-order valence-corrected chi connectivity index (χ1v) is 4.71. The molecule has 1 aliphatic heterocycles. The van der Waals surface area contributed by atoms with E-state index in [4.69, 9.17) is 0 Å². The van der Waals surface area contributed by atoms with Gasteiger partial charge in [0.2, 0.25) is 0 Å². The summed E-state index contributed by atoms with van der Waals surface area (Å²) in [5, 5.41) is 0. The molecule has 0 aromatic carbocycles. The lowest BCUT2D eigenvalue weighted by Gasteiger charge is -2.17. The van der Waals surface area contributed by atoms with E-state index in [0.29, 0.717) is 0 Å². The molecule has 0 N–H and O–H groups in total. The summed E-state index contributed by atoms with van der Waals surface area (Å²) in [7, 11) is 2.26. The minimum absolute atomic E-state index is 0.954. The van der Waals surface area contributed by atoms with Gasteiger partial charge in [0.05, 0.1) is 0 Å². The summed E-state index contributed by atoms with van der Waals surface area (Å²) < 4.78 is 0. The molecule has 1 saturated carbocycles. The summed E-state index contributed by atoms with van der Waals surface area (Å²) in [4.78, 5) is 2.50. The van der Waals surface area contributed by atoms with Gasteiger partial charge in [-0.1, -0.05) is 12.2 Å². The van der Waals surface area contributed by atoms with E-state index in [0.717, 1.165) is 23.7 Å². The van der Waals surface area contributed by atoms with Crippen LogP contribution in [-0.4, -0.2) is 25.0 Å². The van der Waals surface area contributed by atoms with Crippen LogP contribution in [0.2, 0.25) is 0 Å². The Labute approximate surface area is 68.1 Å². The predicted octanol–water partition coefficient (Wildman–Crippen LogP) is 1.37. The molecule has 0 aromatic heterocycles. The molecule has 0 spiro atoms. The average molecular weight is 149 g/mol. The van der Waals surface area contributed by atoms with Gasteiger partial charge in [-0.25, -0.2) is 0 Å².